The summed E-state index contributed by atoms with van der Waals surface area (Å²) in [5.41, 5.74) is 0.365. The Kier molecular flexibility index (Phi) is 4.86. The highest BCUT2D eigenvalue weighted by molar-refractivity contribution is 6.55. The third-order valence-corrected chi connectivity index (χ3v) is 3.99. The van der Waals surface area contributed by atoms with E-state index in [4.69, 9.17) is 9.31 Å². The molecule has 1 heterocycles. The molecular formula is C18H23BO2. The second-order valence-electron chi connectivity index (χ2n) is 6.15. The van der Waals surface area contributed by atoms with Crippen molar-refractivity contribution in [2.45, 2.75) is 38.9 Å². The van der Waals surface area contributed by atoms with Gasteiger partial charge in [0.1, 0.15) is 0 Å². The first kappa shape index (κ1) is 15.8. The molecule has 2 nitrogen and oxygen atoms in total. The summed E-state index contributed by atoms with van der Waals surface area (Å²) in [4.78, 5) is 0. The first-order valence-electron chi connectivity index (χ1n) is 7.33. The molecule has 3 heteroatoms. The Morgan fingerprint density at radius 3 is 1.62 bits per heavy atom. The lowest BCUT2D eigenvalue weighted by Crippen LogP contribution is -2.41. The molecule has 2 aliphatic rings. The van der Waals surface area contributed by atoms with E-state index in [2.05, 4.69) is 27.7 Å². The minimum atomic E-state index is -0.341. The second kappa shape index (κ2) is 6.46. The lowest BCUT2D eigenvalue weighted by Gasteiger charge is -2.32. The van der Waals surface area contributed by atoms with Crippen LogP contribution in [0.25, 0.3) is 0 Å². The van der Waals surface area contributed by atoms with Crippen LogP contribution in [0.1, 0.15) is 27.7 Å². The molecule has 0 saturated carbocycles. The SMILES string of the molecule is CC1(C)OB(C2=C\C=C/C=C\C=C/C=C\C=C2)OC1(C)C. The Balaban J connectivity index is 2.24. The summed E-state index contributed by atoms with van der Waals surface area (Å²) in [5.74, 6) is 0. The zero-order valence-corrected chi connectivity index (χ0v) is 13.2. The molecule has 0 aromatic rings. The van der Waals surface area contributed by atoms with Crippen molar-refractivity contribution >= 4 is 7.12 Å². The molecular weight excluding hydrogens is 259 g/mol. The van der Waals surface area contributed by atoms with Gasteiger partial charge in [0, 0.05) is 0 Å². The molecule has 0 aromatic heterocycles. The molecule has 2 rings (SSSR count). The molecule has 0 radical (unpaired) electrons. The van der Waals surface area contributed by atoms with Crippen LogP contribution in [0.3, 0.4) is 0 Å². The van der Waals surface area contributed by atoms with Crippen LogP contribution in [-0.4, -0.2) is 18.3 Å². The van der Waals surface area contributed by atoms with E-state index >= 15 is 0 Å². The third kappa shape index (κ3) is 3.96. The fourth-order valence-corrected chi connectivity index (χ4v) is 1.97. The molecule has 0 unspecified atom stereocenters. The van der Waals surface area contributed by atoms with Crippen molar-refractivity contribution in [3.8, 4) is 0 Å². The summed E-state index contributed by atoms with van der Waals surface area (Å²) in [6.45, 7) is 8.26. The third-order valence-electron chi connectivity index (χ3n) is 3.99. The van der Waals surface area contributed by atoms with Crippen LogP contribution in [0.5, 0.6) is 0 Å². The van der Waals surface area contributed by atoms with Gasteiger partial charge in [-0.25, -0.2) is 0 Å². The van der Waals surface area contributed by atoms with Gasteiger partial charge in [-0.2, -0.15) is 0 Å². The summed E-state index contributed by atoms with van der Waals surface area (Å²) < 4.78 is 12.2. The molecule has 0 amide bonds. The van der Waals surface area contributed by atoms with E-state index < -0.39 is 0 Å². The molecule has 0 aromatic carbocycles. The smallest absolute Gasteiger partial charge is 0.399 e. The van der Waals surface area contributed by atoms with Crippen LogP contribution < -0.4 is 0 Å². The van der Waals surface area contributed by atoms with Gasteiger partial charge in [-0.05, 0) is 33.2 Å². The monoisotopic (exact) mass is 282 g/mol. The van der Waals surface area contributed by atoms with E-state index in [-0.39, 0.29) is 18.3 Å². The van der Waals surface area contributed by atoms with Crippen molar-refractivity contribution in [1.29, 1.82) is 0 Å². The number of hydrogen-bond donors (Lipinski definition) is 0. The van der Waals surface area contributed by atoms with Crippen molar-refractivity contribution in [2.24, 2.45) is 0 Å². The van der Waals surface area contributed by atoms with Gasteiger partial charge in [-0.3, -0.25) is 0 Å². The summed E-state index contributed by atoms with van der Waals surface area (Å²) in [5, 5.41) is 0. The fourth-order valence-electron chi connectivity index (χ4n) is 1.97. The van der Waals surface area contributed by atoms with Crippen LogP contribution in [0, 0.1) is 0 Å². The molecule has 1 saturated heterocycles. The van der Waals surface area contributed by atoms with Crippen molar-refractivity contribution in [2.75, 3.05) is 0 Å². The van der Waals surface area contributed by atoms with Crippen molar-refractivity contribution < 1.29 is 9.31 Å². The first-order chi connectivity index (χ1) is 9.92. The summed E-state index contributed by atoms with van der Waals surface area (Å²) in [6, 6.07) is 0. The van der Waals surface area contributed by atoms with E-state index in [0.29, 0.717) is 0 Å². The lowest BCUT2D eigenvalue weighted by molar-refractivity contribution is 0.00578. The Labute approximate surface area is 128 Å². The average molecular weight is 282 g/mol. The van der Waals surface area contributed by atoms with E-state index in [1.807, 2.05) is 66.8 Å². The maximum Gasteiger partial charge on any atom is 0.494 e. The Morgan fingerprint density at radius 1 is 0.667 bits per heavy atom. The van der Waals surface area contributed by atoms with Crippen LogP contribution in [-0.2, 0) is 9.31 Å². The highest BCUT2D eigenvalue weighted by atomic mass is 16.7. The molecule has 1 aliphatic carbocycles. The number of rotatable bonds is 1. The highest BCUT2D eigenvalue weighted by Crippen LogP contribution is 2.38. The van der Waals surface area contributed by atoms with Gasteiger partial charge in [-0.15, -0.1) is 0 Å². The van der Waals surface area contributed by atoms with Gasteiger partial charge in [0.15, 0.2) is 0 Å². The van der Waals surface area contributed by atoms with E-state index in [0.717, 1.165) is 5.47 Å². The molecule has 21 heavy (non-hydrogen) atoms. The highest BCUT2D eigenvalue weighted by Gasteiger charge is 2.51. The Bertz CT molecular complexity index is 530. The van der Waals surface area contributed by atoms with Crippen LogP contribution >= 0.6 is 0 Å². The normalized spacial score (nSPS) is 29.9. The summed E-state index contributed by atoms with van der Waals surface area (Å²) in [7, 11) is -0.341. The standard InChI is InChI=1S/C18H23BO2/c1-17(2)18(3,4)21-19(20-17)16-14-12-10-8-6-5-7-9-11-13-15-16/h5-15H,1-4H3/b6-5-,7-5?,8-6?,9-7-,10-8-,11-9?,12-10?,13-11-,14-12?,15-13?,16-14?,16-15?. The second-order valence-corrected chi connectivity index (χ2v) is 6.15. The van der Waals surface area contributed by atoms with Gasteiger partial charge in [0.05, 0.1) is 11.2 Å². The van der Waals surface area contributed by atoms with Crippen LogP contribution in [0.4, 0.5) is 0 Å². The average Bonchev–Trinajstić information content (AvgIpc) is 2.59. The van der Waals surface area contributed by atoms with Gasteiger partial charge < -0.3 is 9.31 Å². The minimum absolute atomic E-state index is 0.321. The maximum atomic E-state index is 6.10. The topological polar surface area (TPSA) is 18.5 Å². The molecule has 0 N–H and O–H groups in total. The predicted octanol–water partition coefficient (Wildman–Crippen LogP) is 4.34. The first-order valence-corrected chi connectivity index (χ1v) is 7.33. The molecule has 0 spiro atoms. The minimum Gasteiger partial charge on any atom is -0.399 e. The number of allylic oxidation sites excluding steroid dienone is 12. The maximum absolute atomic E-state index is 6.10. The summed E-state index contributed by atoms with van der Waals surface area (Å²) in [6.07, 6.45) is 22.0. The van der Waals surface area contributed by atoms with Gasteiger partial charge in [0.25, 0.3) is 0 Å². The zero-order valence-electron chi connectivity index (χ0n) is 13.2. The van der Waals surface area contributed by atoms with Gasteiger partial charge in [-0.1, -0.05) is 66.8 Å². The molecule has 0 bridgehead atoms. The van der Waals surface area contributed by atoms with Crippen molar-refractivity contribution in [3.05, 3.63) is 72.3 Å². The van der Waals surface area contributed by atoms with Gasteiger partial charge >= 0.3 is 7.12 Å². The number of hydrogen-bond acceptors (Lipinski definition) is 2. The largest absolute Gasteiger partial charge is 0.494 e. The van der Waals surface area contributed by atoms with Crippen LogP contribution in [0.2, 0.25) is 0 Å². The Morgan fingerprint density at radius 2 is 1.10 bits per heavy atom. The molecule has 110 valence electrons. The van der Waals surface area contributed by atoms with E-state index in [1.165, 1.54) is 0 Å². The quantitative estimate of drug-likeness (QED) is 0.666. The summed E-state index contributed by atoms with van der Waals surface area (Å²) >= 11 is 0. The fraction of sp³-hybridized carbons (Fsp3) is 0.333. The van der Waals surface area contributed by atoms with E-state index in [9.17, 15) is 0 Å². The lowest BCUT2D eigenvalue weighted by atomic mass is 9.77. The zero-order chi connectivity index (χ0) is 15.3. The molecule has 1 fully saturated rings. The predicted molar refractivity (Wildman–Crippen MR) is 89.9 cm³/mol. The van der Waals surface area contributed by atoms with Crippen molar-refractivity contribution in [1.82, 2.24) is 0 Å². The van der Waals surface area contributed by atoms with Crippen LogP contribution in [0.15, 0.2) is 72.3 Å². The van der Waals surface area contributed by atoms with E-state index in [1.54, 1.807) is 0 Å². The molecule has 0 atom stereocenters. The molecule has 1 aliphatic heterocycles. The van der Waals surface area contributed by atoms with Crippen molar-refractivity contribution in [3.63, 3.8) is 0 Å². The Hall–Kier alpha value is -1.58. The van der Waals surface area contributed by atoms with Gasteiger partial charge in [0.2, 0.25) is 0 Å².